The van der Waals surface area contributed by atoms with Gasteiger partial charge in [-0.05, 0) is 31.9 Å². The van der Waals surface area contributed by atoms with Crippen molar-refractivity contribution >= 4 is 18.3 Å². The van der Waals surface area contributed by atoms with Gasteiger partial charge in [0.2, 0.25) is 0 Å². The Kier molecular flexibility index (Phi) is 11.4. The van der Waals surface area contributed by atoms with Gasteiger partial charge in [0.1, 0.15) is 17.8 Å². The molecule has 41 heavy (non-hydrogen) atoms. The first-order valence-electron chi connectivity index (χ1n) is 13.5. The molecule has 224 valence electrons. The van der Waals surface area contributed by atoms with Crippen molar-refractivity contribution in [1.29, 1.82) is 0 Å². The predicted octanol–water partition coefficient (Wildman–Crippen LogP) is 1.52. The van der Waals surface area contributed by atoms with Gasteiger partial charge in [-0.1, -0.05) is 60.7 Å². The molecule has 0 bridgehead atoms. The van der Waals surface area contributed by atoms with Gasteiger partial charge in [0.25, 0.3) is 5.91 Å². The quantitative estimate of drug-likeness (QED) is 0.322. The maximum absolute atomic E-state index is 13.2. The summed E-state index contributed by atoms with van der Waals surface area (Å²) < 4.78 is 16.7. The van der Waals surface area contributed by atoms with Crippen molar-refractivity contribution in [1.82, 2.24) is 9.80 Å². The molecule has 1 fully saturated rings. The largest absolute Gasteiger partial charge is 0.444 e. The summed E-state index contributed by atoms with van der Waals surface area (Å²) in [6, 6.07) is 17.9. The third kappa shape index (κ3) is 9.34. The Hall–Kier alpha value is -3.35. The first kappa shape index (κ1) is 32.2. The molecule has 0 spiro atoms. The van der Waals surface area contributed by atoms with Crippen LogP contribution in [0.3, 0.4) is 0 Å². The SMILES string of the molecule is CC(C)(C)OC(=O)N1CCN(C(=O)[C@H](O)[C@@H](O)[C@H](OCc2ccccc2)C(O)(C=O)COCc2ccccc2)CC1. The summed E-state index contributed by atoms with van der Waals surface area (Å²) in [6.45, 7) is 5.19. The number of hydrogen-bond acceptors (Lipinski definition) is 9. The van der Waals surface area contributed by atoms with Crippen molar-refractivity contribution < 1.29 is 43.9 Å². The van der Waals surface area contributed by atoms with E-state index < -0.39 is 48.1 Å². The number of rotatable bonds is 12. The third-order valence-corrected chi connectivity index (χ3v) is 6.54. The predicted molar refractivity (Wildman–Crippen MR) is 149 cm³/mol. The number of aliphatic hydroxyl groups excluding tert-OH is 2. The number of carbonyl (C=O) groups excluding carboxylic acids is 3. The smallest absolute Gasteiger partial charge is 0.410 e. The number of benzene rings is 2. The lowest BCUT2D eigenvalue weighted by Crippen LogP contribution is -2.61. The Morgan fingerprint density at radius 1 is 0.878 bits per heavy atom. The Morgan fingerprint density at radius 3 is 1.90 bits per heavy atom. The number of aldehydes is 1. The van der Waals surface area contributed by atoms with E-state index in [2.05, 4.69) is 0 Å². The lowest BCUT2D eigenvalue weighted by molar-refractivity contribution is -0.199. The molecule has 1 aliphatic rings. The highest BCUT2D eigenvalue weighted by Crippen LogP contribution is 2.23. The van der Waals surface area contributed by atoms with E-state index >= 15 is 0 Å². The van der Waals surface area contributed by atoms with E-state index in [0.29, 0.717) is 5.56 Å². The van der Waals surface area contributed by atoms with Crippen molar-refractivity contribution in [3.8, 4) is 0 Å². The van der Waals surface area contributed by atoms with Crippen LogP contribution in [-0.2, 0) is 37.0 Å². The molecule has 3 rings (SSSR count). The molecule has 4 atom stereocenters. The molecule has 3 N–H and O–H groups in total. The minimum Gasteiger partial charge on any atom is -0.444 e. The van der Waals surface area contributed by atoms with Crippen LogP contribution >= 0.6 is 0 Å². The Balaban J connectivity index is 1.70. The van der Waals surface area contributed by atoms with Gasteiger partial charge >= 0.3 is 6.09 Å². The summed E-state index contributed by atoms with van der Waals surface area (Å²) >= 11 is 0. The zero-order valence-electron chi connectivity index (χ0n) is 23.7. The normalized spacial score (nSPS) is 17.7. The molecule has 2 amide bonds. The van der Waals surface area contributed by atoms with E-state index in [1.54, 1.807) is 51.1 Å². The van der Waals surface area contributed by atoms with Crippen molar-refractivity contribution in [2.24, 2.45) is 0 Å². The van der Waals surface area contributed by atoms with Gasteiger partial charge in [-0.25, -0.2) is 4.79 Å². The van der Waals surface area contributed by atoms with Crippen LogP contribution in [0.2, 0.25) is 0 Å². The second-order valence-electron chi connectivity index (χ2n) is 11.0. The number of carbonyl (C=O) groups is 3. The highest BCUT2D eigenvalue weighted by Gasteiger charge is 2.47. The lowest BCUT2D eigenvalue weighted by atomic mass is 9.91. The third-order valence-electron chi connectivity index (χ3n) is 6.54. The van der Waals surface area contributed by atoms with Gasteiger partial charge in [0.15, 0.2) is 18.0 Å². The molecule has 1 aliphatic heterocycles. The van der Waals surface area contributed by atoms with E-state index in [1.807, 2.05) is 30.3 Å². The van der Waals surface area contributed by atoms with Gasteiger partial charge < -0.3 is 39.3 Å². The van der Waals surface area contributed by atoms with Crippen molar-refractivity contribution in [2.45, 2.75) is 63.5 Å². The summed E-state index contributed by atoms with van der Waals surface area (Å²) in [4.78, 5) is 40.4. The molecule has 1 saturated heterocycles. The highest BCUT2D eigenvalue weighted by atomic mass is 16.6. The Labute approximate surface area is 240 Å². The molecule has 0 radical (unpaired) electrons. The summed E-state index contributed by atoms with van der Waals surface area (Å²) in [5.41, 5.74) is -1.58. The number of hydrogen-bond donors (Lipinski definition) is 3. The van der Waals surface area contributed by atoms with Crippen LogP contribution in [0.15, 0.2) is 60.7 Å². The van der Waals surface area contributed by atoms with Gasteiger partial charge in [-0.15, -0.1) is 0 Å². The average molecular weight is 573 g/mol. The summed E-state index contributed by atoms with van der Waals surface area (Å²) in [5.74, 6) is -0.826. The second kappa shape index (κ2) is 14.5. The van der Waals surface area contributed by atoms with Gasteiger partial charge in [0.05, 0.1) is 19.8 Å². The molecule has 0 aliphatic carbocycles. The first-order chi connectivity index (χ1) is 19.4. The molecule has 1 unspecified atom stereocenters. The van der Waals surface area contributed by atoms with Crippen molar-refractivity contribution in [3.05, 3.63) is 71.8 Å². The maximum Gasteiger partial charge on any atom is 0.410 e. The zero-order chi connectivity index (χ0) is 30.0. The van der Waals surface area contributed by atoms with E-state index in [0.717, 1.165) is 5.56 Å². The van der Waals surface area contributed by atoms with Crippen LogP contribution in [0.1, 0.15) is 31.9 Å². The fourth-order valence-corrected chi connectivity index (χ4v) is 4.32. The van der Waals surface area contributed by atoms with Gasteiger partial charge in [0, 0.05) is 26.2 Å². The van der Waals surface area contributed by atoms with Crippen LogP contribution in [-0.4, -0.2) is 106 Å². The minimum atomic E-state index is -2.39. The Morgan fingerprint density at radius 2 is 1.39 bits per heavy atom. The molecular formula is C30H40N2O9. The number of nitrogens with zero attached hydrogens (tertiary/aromatic N) is 2. The zero-order valence-corrected chi connectivity index (χ0v) is 23.7. The van der Waals surface area contributed by atoms with Crippen LogP contribution in [0.4, 0.5) is 4.79 Å². The van der Waals surface area contributed by atoms with Crippen molar-refractivity contribution in [2.75, 3.05) is 32.8 Å². The Bertz CT molecular complexity index is 1120. The molecule has 0 aromatic heterocycles. The highest BCUT2D eigenvalue weighted by molar-refractivity contribution is 5.82. The molecule has 1 heterocycles. The van der Waals surface area contributed by atoms with Gasteiger partial charge in [-0.2, -0.15) is 0 Å². The number of aliphatic hydroxyl groups is 3. The lowest BCUT2D eigenvalue weighted by Gasteiger charge is -2.39. The van der Waals surface area contributed by atoms with Crippen LogP contribution < -0.4 is 0 Å². The minimum absolute atomic E-state index is 0.0713. The van der Waals surface area contributed by atoms with Crippen LogP contribution in [0.25, 0.3) is 0 Å². The van der Waals surface area contributed by atoms with E-state index in [-0.39, 0.29) is 45.7 Å². The fourth-order valence-electron chi connectivity index (χ4n) is 4.32. The van der Waals surface area contributed by atoms with E-state index in [1.165, 1.54) is 9.80 Å². The first-order valence-corrected chi connectivity index (χ1v) is 13.5. The number of ether oxygens (including phenoxy) is 3. The van der Waals surface area contributed by atoms with E-state index in [9.17, 15) is 29.7 Å². The molecule has 11 nitrogen and oxygen atoms in total. The van der Waals surface area contributed by atoms with Crippen LogP contribution in [0, 0.1) is 0 Å². The summed E-state index contributed by atoms with van der Waals surface area (Å²) in [7, 11) is 0. The van der Waals surface area contributed by atoms with Crippen molar-refractivity contribution in [3.63, 3.8) is 0 Å². The standard InChI is InChI=1S/C30H40N2O9/c1-29(2,3)41-28(37)32-16-14-31(15-17-32)27(36)25(35)24(34)26(40-19-23-12-8-5-9-13-23)30(38,20-33)21-39-18-22-10-6-4-7-11-22/h4-13,20,24-26,34-35,38H,14-19,21H2,1-3H3/t24-,25-,26+,30?/m1/s1. The molecule has 2 aromatic carbocycles. The molecular weight excluding hydrogens is 532 g/mol. The van der Waals surface area contributed by atoms with Crippen LogP contribution in [0.5, 0.6) is 0 Å². The topological polar surface area (TPSA) is 146 Å². The van der Waals surface area contributed by atoms with E-state index in [4.69, 9.17) is 14.2 Å². The molecule has 11 heteroatoms. The fraction of sp³-hybridized carbons (Fsp3) is 0.500. The average Bonchev–Trinajstić information content (AvgIpc) is 2.96. The summed E-state index contributed by atoms with van der Waals surface area (Å²) in [6.07, 6.45) is -6.03. The monoisotopic (exact) mass is 572 g/mol. The maximum atomic E-state index is 13.2. The summed E-state index contributed by atoms with van der Waals surface area (Å²) in [5, 5.41) is 33.3. The van der Waals surface area contributed by atoms with Gasteiger partial charge in [-0.3, -0.25) is 9.59 Å². The second-order valence-corrected chi connectivity index (χ2v) is 11.0. The number of amides is 2. The molecule has 2 aromatic rings. The molecule has 0 saturated carbocycles. The number of piperazine rings is 1.